The van der Waals surface area contributed by atoms with E-state index in [-0.39, 0.29) is 5.41 Å². The van der Waals surface area contributed by atoms with Crippen molar-refractivity contribution in [3.05, 3.63) is 168 Å². The molecular weight excluding hydrogens is 735 g/mol. The molecule has 3 aromatic heterocycles. The van der Waals surface area contributed by atoms with Crippen molar-refractivity contribution in [1.82, 2.24) is 4.57 Å². The molecule has 1 spiro atoms. The highest BCUT2D eigenvalue weighted by Gasteiger charge is 2.67. The first-order valence-corrected chi connectivity index (χ1v) is 24.8. The van der Waals surface area contributed by atoms with E-state index in [9.17, 15) is 0 Å². The van der Waals surface area contributed by atoms with Crippen LogP contribution in [0, 0.1) is 5.92 Å². The van der Waals surface area contributed by atoms with Gasteiger partial charge in [-0.25, -0.2) is 0 Å². The lowest BCUT2D eigenvalue weighted by Gasteiger charge is -2.25. The van der Waals surface area contributed by atoms with Crippen LogP contribution in [0.5, 0.6) is 0 Å². The van der Waals surface area contributed by atoms with Crippen LogP contribution in [0.25, 0.3) is 72.4 Å². The smallest absolute Gasteiger partial charge is 0.364 e. The first kappa shape index (κ1) is 36.1. The van der Waals surface area contributed by atoms with Crippen LogP contribution in [-0.2, 0) is 17.5 Å². The van der Waals surface area contributed by atoms with Crippen LogP contribution < -0.4 is 14.3 Å². The molecule has 11 rings (SSSR count). The van der Waals surface area contributed by atoms with Gasteiger partial charge in [0.1, 0.15) is 16.8 Å². The summed E-state index contributed by atoms with van der Waals surface area (Å²) < 4.78 is 15.0. The Bertz CT molecular complexity index is 3170. The molecule has 1 unspecified atom stereocenters. The third-order valence-electron chi connectivity index (χ3n) is 13.0. The van der Waals surface area contributed by atoms with E-state index >= 15 is 0 Å². The van der Waals surface area contributed by atoms with Gasteiger partial charge in [-0.1, -0.05) is 133 Å². The van der Waals surface area contributed by atoms with Gasteiger partial charge in [0.2, 0.25) is 5.69 Å². The summed E-state index contributed by atoms with van der Waals surface area (Å²) in [5.74, 6) is 1.68. The topological polar surface area (TPSA) is 25.8 Å². The number of furan rings is 1. The summed E-state index contributed by atoms with van der Waals surface area (Å²) >= 11 is 0. The van der Waals surface area contributed by atoms with E-state index in [0.29, 0.717) is 5.92 Å². The van der Waals surface area contributed by atoms with Crippen LogP contribution in [-0.4, -0.2) is 12.6 Å². The lowest BCUT2D eigenvalue weighted by Crippen LogP contribution is -2.72. The molecule has 0 amide bonds. The van der Waals surface area contributed by atoms with Crippen LogP contribution >= 0.6 is 0 Å². The molecule has 5 heterocycles. The molecule has 4 nitrogen and oxygen atoms in total. The van der Waals surface area contributed by atoms with E-state index in [2.05, 4.69) is 214 Å². The van der Waals surface area contributed by atoms with Crippen molar-refractivity contribution in [2.45, 2.75) is 71.8 Å². The minimum atomic E-state index is -1.84. The summed E-state index contributed by atoms with van der Waals surface area (Å²) in [5, 5.41) is 3.81. The second-order valence-electron chi connectivity index (χ2n) is 19.4. The van der Waals surface area contributed by atoms with Crippen molar-refractivity contribution in [3.63, 3.8) is 0 Å². The minimum Gasteiger partial charge on any atom is -0.455 e. The summed E-state index contributed by atoms with van der Waals surface area (Å²) in [5.41, 5.74) is 16.0. The number of hydrogen-bond donors (Lipinski definition) is 0. The number of fused-ring (bicyclic) bond motifs is 16. The maximum atomic E-state index is 7.08. The van der Waals surface area contributed by atoms with Crippen LogP contribution in [0.15, 0.2) is 150 Å². The first-order chi connectivity index (χ1) is 28.4. The molecule has 0 fully saturated rings. The predicted octanol–water partition coefficient (Wildman–Crippen LogP) is 12.1. The molecule has 9 aromatic rings. The summed E-state index contributed by atoms with van der Waals surface area (Å²) in [6.45, 7) is 19.3. The summed E-state index contributed by atoms with van der Waals surface area (Å²) in [6.07, 6.45) is 3.65. The first-order valence-electron chi connectivity index (χ1n) is 21.3. The number of aromatic nitrogens is 3. The molecule has 0 N–H and O–H groups in total. The average Bonchev–Trinajstić information content (AvgIpc) is 3.93. The molecule has 6 aromatic carbocycles. The molecule has 0 aliphatic carbocycles. The van der Waals surface area contributed by atoms with Gasteiger partial charge < -0.3 is 4.42 Å². The number of pyridine rings is 1. The zero-order valence-electron chi connectivity index (χ0n) is 35.4. The fourth-order valence-electron chi connectivity index (χ4n) is 10.3. The van der Waals surface area contributed by atoms with Crippen molar-refractivity contribution in [2.75, 3.05) is 0 Å². The zero-order valence-corrected chi connectivity index (χ0v) is 36.4. The highest BCUT2D eigenvalue weighted by molar-refractivity contribution is 6.89. The van der Waals surface area contributed by atoms with Gasteiger partial charge in [-0.3, -0.25) is 0 Å². The third-order valence-corrected chi connectivity index (χ3v) is 15.1. The van der Waals surface area contributed by atoms with E-state index in [1.807, 2.05) is 0 Å². The Balaban J connectivity index is 1.34. The molecule has 0 radical (unpaired) electrons. The van der Waals surface area contributed by atoms with Crippen molar-refractivity contribution < 1.29 is 13.6 Å². The van der Waals surface area contributed by atoms with Crippen LogP contribution in [0.3, 0.4) is 0 Å². The fourth-order valence-corrected chi connectivity index (χ4v) is 12.0. The highest BCUT2D eigenvalue weighted by atomic mass is 28.3. The molecular formula is C54H51N3OSi+2. The van der Waals surface area contributed by atoms with Gasteiger partial charge in [0, 0.05) is 22.0 Å². The van der Waals surface area contributed by atoms with Crippen molar-refractivity contribution in [2.24, 2.45) is 5.92 Å². The Morgan fingerprint density at radius 2 is 1.42 bits per heavy atom. The standard InChI is InChI=1S/C54H51N3OSi/c1-34(2)30-37-31-47-42-27-24-38(53(3,4)5)32-44(42)54(55(47)33-49(37)59(6,7)8)43-29-28-41-40-18-12-15-21-48(40)58-51(41)50(43)52-56(45-19-13-14-20-46(45)57(52)54)39-25-22-36(23-26-39)35-16-10-9-11-17-35/h9-29,31-34H,30H2,1-8H3/q+2. The van der Waals surface area contributed by atoms with Gasteiger partial charge in [0.15, 0.2) is 22.8 Å². The van der Waals surface area contributed by atoms with Crippen LogP contribution in [0.2, 0.25) is 19.6 Å². The zero-order chi connectivity index (χ0) is 40.6. The largest absolute Gasteiger partial charge is 0.455 e. The number of hydrogen-bond acceptors (Lipinski definition) is 1. The van der Waals surface area contributed by atoms with Crippen LogP contribution in [0.4, 0.5) is 0 Å². The maximum Gasteiger partial charge on any atom is 0.364 e. The SMILES string of the molecule is CC(C)Cc1cc2[n+](cc1[Si](C)(C)C)C1(c3cc(C(C)(C)C)ccc3-2)c2ccc3c(oc4ccccc43)c2-c2n(-c3ccc(-c4ccccc4)cc3)c3ccccc3[n+]21. The normalized spacial score (nSPS) is 15.7. The third kappa shape index (κ3) is 5.07. The molecule has 2 aliphatic rings. The molecule has 0 saturated heterocycles. The van der Waals surface area contributed by atoms with E-state index in [4.69, 9.17) is 4.42 Å². The van der Waals surface area contributed by atoms with Crippen molar-refractivity contribution in [1.29, 1.82) is 0 Å². The fraction of sp³-hybridized carbons (Fsp3) is 0.222. The van der Waals surface area contributed by atoms with Gasteiger partial charge in [-0.15, -0.1) is 9.13 Å². The Morgan fingerprint density at radius 3 is 2.17 bits per heavy atom. The van der Waals surface area contributed by atoms with E-state index in [1.165, 1.54) is 55.3 Å². The Morgan fingerprint density at radius 1 is 0.712 bits per heavy atom. The molecule has 290 valence electrons. The van der Waals surface area contributed by atoms with Crippen molar-refractivity contribution >= 4 is 46.2 Å². The van der Waals surface area contributed by atoms with Crippen LogP contribution in [0.1, 0.15) is 56.9 Å². The Kier molecular flexibility index (Phi) is 7.63. The second-order valence-corrected chi connectivity index (χ2v) is 24.4. The lowest BCUT2D eigenvalue weighted by molar-refractivity contribution is -0.944. The van der Waals surface area contributed by atoms with E-state index < -0.39 is 13.7 Å². The molecule has 59 heavy (non-hydrogen) atoms. The Hall–Kier alpha value is -6.04. The van der Waals surface area contributed by atoms with Crippen molar-refractivity contribution in [3.8, 4) is 39.5 Å². The molecule has 1 atom stereocenters. The molecule has 5 heteroatoms. The number of rotatable bonds is 5. The van der Waals surface area contributed by atoms with Gasteiger partial charge in [0.25, 0.3) is 0 Å². The van der Waals surface area contributed by atoms with Gasteiger partial charge in [-0.05, 0) is 94.6 Å². The molecule has 0 saturated carbocycles. The summed E-state index contributed by atoms with van der Waals surface area (Å²) in [6, 6.07) is 52.0. The summed E-state index contributed by atoms with van der Waals surface area (Å²) in [7, 11) is -1.84. The highest BCUT2D eigenvalue weighted by Crippen LogP contribution is 2.53. The van der Waals surface area contributed by atoms with Gasteiger partial charge in [0.05, 0.1) is 24.8 Å². The second kappa shape index (κ2) is 12.5. The number of nitrogens with zero attached hydrogens (tertiary/aromatic N) is 3. The number of imidazole rings is 1. The van der Waals surface area contributed by atoms with Gasteiger partial charge >= 0.3 is 11.5 Å². The minimum absolute atomic E-state index is 0.0476. The van der Waals surface area contributed by atoms with Gasteiger partial charge in [-0.2, -0.15) is 4.57 Å². The molecule has 0 bridgehead atoms. The maximum absolute atomic E-state index is 7.08. The number of para-hydroxylation sites is 3. The molecule has 2 aliphatic heterocycles. The lowest BCUT2D eigenvalue weighted by atomic mass is 9.82. The quantitative estimate of drug-likeness (QED) is 0.126. The van der Waals surface area contributed by atoms with E-state index in [0.717, 1.165) is 51.0 Å². The predicted molar refractivity (Wildman–Crippen MR) is 245 cm³/mol. The summed E-state index contributed by atoms with van der Waals surface area (Å²) in [4.78, 5) is 0. The monoisotopic (exact) mass is 785 g/mol. The number of benzene rings is 6. The van der Waals surface area contributed by atoms with E-state index in [1.54, 1.807) is 0 Å². The Labute approximate surface area is 348 Å². The average molecular weight is 786 g/mol.